The molecule has 206 valence electrons. The number of carbonyl (C=O) groups is 1. The lowest BCUT2D eigenvalue weighted by molar-refractivity contribution is 0.103. The molecular weight excluding hydrogens is 543 g/mol. The predicted molar refractivity (Wildman–Crippen MR) is 152 cm³/mol. The molecule has 0 saturated heterocycles. The number of ketones is 1. The second-order valence-electron chi connectivity index (χ2n) is 9.39. The van der Waals surface area contributed by atoms with Crippen molar-refractivity contribution in [3.8, 4) is 11.1 Å². The molecule has 12 heteroatoms. The average molecular weight is 573 g/mol. The van der Waals surface area contributed by atoms with Crippen molar-refractivity contribution in [2.45, 2.75) is 37.4 Å². The van der Waals surface area contributed by atoms with Gasteiger partial charge in [0.05, 0.1) is 10.8 Å². The van der Waals surface area contributed by atoms with Crippen molar-refractivity contribution < 1.29 is 27.3 Å². The number of fused-ring (bicyclic) bond motifs is 1. The topological polar surface area (TPSA) is 153 Å². The summed E-state index contributed by atoms with van der Waals surface area (Å²) in [4.78, 5) is 20.8. The van der Waals surface area contributed by atoms with Gasteiger partial charge >= 0.3 is 0 Å². The molecule has 2 aromatic heterocycles. The second kappa shape index (κ2) is 11.6. The molecule has 5 N–H and O–H groups in total. The van der Waals surface area contributed by atoms with Crippen LogP contribution < -0.4 is 9.44 Å². The van der Waals surface area contributed by atoms with Crippen LogP contribution in [0.3, 0.4) is 0 Å². The fraction of sp³-hybridized carbons (Fsp3) is 0.259. The zero-order chi connectivity index (χ0) is 26.9. The number of halogens is 1. The van der Waals surface area contributed by atoms with Crippen LogP contribution in [0.2, 0.25) is 0 Å². The van der Waals surface area contributed by atoms with Gasteiger partial charge in [-0.3, -0.25) is 9.52 Å². The number of H-pyrrole nitrogens is 1. The number of sulfonamides is 1. The van der Waals surface area contributed by atoms with E-state index in [4.69, 9.17) is 0 Å². The minimum Gasteiger partial charge on any atom is -0.412 e. The van der Waals surface area contributed by atoms with Crippen molar-refractivity contribution in [3.63, 3.8) is 0 Å². The Kier molecular flexibility index (Phi) is 8.48. The van der Waals surface area contributed by atoms with E-state index in [1.165, 1.54) is 24.6 Å². The summed E-state index contributed by atoms with van der Waals surface area (Å²) in [6, 6.07) is 12.7. The zero-order valence-electron chi connectivity index (χ0n) is 21.2. The van der Waals surface area contributed by atoms with Crippen LogP contribution in [0.4, 0.5) is 15.8 Å². The first kappa shape index (κ1) is 28.4. The molecule has 0 amide bonds. The Balaban J connectivity index is 0.00000353. The number of rotatable bonds is 8. The molecule has 39 heavy (non-hydrogen) atoms. The summed E-state index contributed by atoms with van der Waals surface area (Å²) < 4.78 is 57.5. The first-order chi connectivity index (χ1) is 18.2. The Morgan fingerprint density at radius 1 is 1.03 bits per heavy atom. The molecule has 1 fully saturated rings. The van der Waals surface area contributed by atoms with Crippen LogP contribution in [0.15, 0.2) is 60.9 Å². The lowest BCUT2D eigenvalue weighted by atomic mass is 10.00. The Morgan fingerprint density at radius 3 is 2.54 bits per heavy atom. The van der Waals surface area contributed by atoms with Crippen molar-refractivity contribution in [1.29, 1.82) is 0 Å². The number of hydrogen-bond donors (Lipinski definition) is 3. The molecule has 4 aromatic rings. The van der Waals surface area contributed by atoms with Gasteiger partial charge in [0.25, 0.3) is 0 Å². The van der Waals surface area contributed by atoms with Gasteiger partial charge in [0.1, 0.15) is 22.5 Å². The van der Waals surface area contributed by atoms with E-state index in [9.17, 15) is 21.8 Å². The third-order valence-electron chi connectivity index (χ3n) is 6.70. The van der Waals surface area contributed by atoms with Crippen molar-refractivity contribution in [2.75, 3.05) is 15.7 Å². The van der Waals surface area contributed by atoms with Gasteiger partial charge in [0.15, 0.2) is 5.78 Å². The van der Waals surface area contributed by atoms with Crippen LogP contribution in [0.5, 0.6) is 0 Å². The van der Waals surface area contributed by atoms with Crippen molar-refractivity contribution in [1.82, 2.24) is 9.97 Å². The van der Waals surface area contributed by atoms with E-state index in [1.807, 2.05) is 18.2 Å². The SMILES string of the molecule is CS(=O)Nc1cccc(-c2cnc3[nH]cc(C(=O)c4cc(NS(=O)(=O)C5CCCCC5)ccc4F)c3c2)c1.O. The van der Waals surface area contributed by atoms with Crippen LogP contribution in [-0.2, 0) is 21.0 Å². The van der Waals surface area contributed by atoms with Crippen molar-refractivity contribution in [2.24, 2.45) is 0 Å². The summed E-state index contributed by atoms with van der Waals surface area (Å²) >= 11 is 0. The molecule has 0 radical (unpaired) electrons. The number of benzene rings is 2. The minimum absolute atomic E-state index is 0. The Bertz CT molecular complexity index is 1650. The average Bonchev–Trinajstić information content (AvgIpc) is 3.33. The summed E-state index contributed by atoms with van der Waals surface area (Å²) in [5.74, 6) is -1.34. The first-order valence-corrected chi connectivity index (χ1v) is 15.4. The fourth-order valence-corrected chi connectivity index (χ4v) is 6.84. The van der Waals surface area contributed by atoms with Gasteiger partial charge in [0, 0.05) is 46.5 Å². The molecule has 1 unspecified atom stereocenters. The molecule has 1 saturated carbocycles. The summed E-state index contributed by atoms with van der Waals surface area (Å²) in [6.45, 7) is 0. The van der Waals surface area contributed by atoms with Crippen molar-refractivity contribution >= 4 is 49.2 Å². The summed E-state index contributed by atoms with van der Waals surface area (Å²) in [5, 5.41) is 0.00195. The van der Waals surface area contributed by atoms with Crippen molar-refractivity contribution in [3.05, 3.63) is 77.9 Å². The number of nitrogens with zero attached hydrogens (tertiary/aromatic N) is 1. The highest BCUT2D eigenvalue weighted by molar-refractivity contribution is 7.93. The van der Waals surface area contributed by atoms with E-state index >= 15 is 0 Å². The van der Waals surface area contributed by atoms with E-state index in [0.29, 0.717) is 35.1 Å². The third kappa shape index (κ3) is 6.18. The lowest BCUT2D eigenvalue weighted by Gasteiger charge is -2.22. The highest BCUT2D eigenvalue weighted by atomic mass is 32.2. The number of pyridine rings is 1. The van der Waals surface area contributed by atoms with Gasteiger partial charge in [-0.05, 0) is 54.8 Å². The highest BCUT2D eigenvalue weighted by Crippen LogP contribution is 2.30. The maximum Gasteiger partial charge on any atom is 0.235 e. The van der Waals surface area contributed by atoms with E-state index in [0.717, 1.165) is 30.9 Å². The van der Waals surface area contributed by atoms with Crippen LogP contribution >= 0.6 is 0 Å². The smallest absolute Gasteiger partial charge is 0.235 e. The predicted octanol–water partition coefficient (Wildman–Crippen LogP) is 4.56. The van der Waals surface area contributed by atoms with Crippen LogP contribution in [0.25, 0.3) is 22.2 Å². The Labute approximate surface area is 228 Å². The molecule has 1 aliphatic rings. The lowest BCUT2D eigenvalue weighted by Crippen LogP contribution is -2.29. The van der Waals surface area contributed by atoms with Crippen LogP contribution in [0, 0.1) is 5.82 Å². The normalized spacial score (nSPS) is 14.9. The van der Waals surface area contributed by atoms with E-state index < -0.39 is 37.9 Å². The van der Waals surface area contributed by atoms with Gasteiger partial charge in [-0.15, -0.1) is 0 Å². The molecule has 2 heterocycles. The molecule has 0 spiro atoms. The molecule has 1 aliphatic carbocycles. The fourth-order valence-electron chi connectivity index (χ4n) is 4.81. The van der Waals surface area contributed by atoms with Gasteiger partial charge < -0.3 is 15.2 Å². The number of aromatic amines is 1. The molecule has 0 bridgehead atoms. The number of aromatic nitrogens is 2. The quantitative estimate of drug-likeness (QED) is 0.264. The molecule has 2 aromatic carbocycles. The first-order valence-electron chi connectivity index (χ1n) is 12.2. The second-order valence-corrected chi connectivity index (χ2v) is 12.5. The monoisotopic (exact) mass is 572 g/mol. The van der Waals surface area contributed by atoms with Crippen LogP contribution in [0.1, 0.15) is 48.0 Å². The van der Waals surface area contributed by atoms with Gasteiger partial charge in [-0.2, -0.15) is 0 Å². The van der Waals surface area contributed by atoms with E-state index in [2.05, 4.69) is 19.4 Å². The molecule has 1 atom stereocenters. The summed E-state index contributed by atoms with van der Waals surface area (Å²) in [6.07, 6.45) is 8.56. The zero-order valence-corrected chi connectivity index (χ0v) is 22.8. The Hall–Kier alpha value is -3.61. The minimum atomic E-state index is -3.65. The number of hydrogen-bond acceptors (Lipinski definition) is 5. The van der Waals surface area contributed by atoms with Gasteiger partial charge in [-0.1, -0.05) is 31.4 Å². The summed E-state index contributed by atoms with van der Waals surface area (Å²) in [7, 11) is -4.89. The van der Waals surface area contributed by atoms with E-state index in [-0.39, 0.29) is 22.3 Å². The molecular formula is C27H29FN4O5S2. The van der Waals surface area contributed by atoms with E-state index in [1.54, 1.807) is 18.3 Å². The third-order valence-corrected chi connectivity index (χ3v) is 9.09. The molecule has 9 nitrogen and oxygen atoms in total. The standard InChI is InChI=1S/C27H27FN4O4S2.H2O/c1-37(34)31-19-7-5-6-17(12-19)18-13-22-24(16-30-27(22)29-15-18)26(33)23-14-20(10-11-25(23)28)32-38(35,36)21-8-3-2-4-9-21;/h5-7,10-16,21,31-32H,2-4,8-9H2,1H3,(H,29,30);1H2. The number of anilines is 2. The largest absolute Gasteiger partial charge is 0.412 e. The maximum atomic E-state index is 14.8. The molecule has 0 aliphatic heterocycles. The van der Waals surface area contributed by atoms with Gasteiger partial charge in [0.2, 0.25) is 10.0 Å². The number of nitrogens with one attached hydrogen (secondary N) is 3. The Morgan fingerprint density at radius 2 is 1.79 bits per heavy atom. The van der Waals surface area contributed by atoms with Gasteiger partial charge in [-0.25, -0.2) is 22.0 Å². The molecule has 5 rings (SSSR count). The summed E-state index contributed by atoms with van der Waals surface area (Å²) in [5.41, 5.74) is 2.75. The highest BCUT2D eigenvalue weighted by Gasteiger charge is 2.28. The van der Waals surface area contributed by atoms with Crippen LogP contribution in [-0.4, -0.2) is 45.4 Å². The number of carbonyl (C=O) groups excluding carboxylic acids is 1. The maximum absolute atomic E-state index is 14.8.